The summed E-state index contributed by atoms with van der Waals surface area (Å²) in [4.78, 5) is 2.34. The molecule has 1 fully saturated rings. The average molecular weight is 314 g/mol. The SMILES string of the molecule is CCC1CN(c2ccc([C@@H](C)O)cc2Br)CCO1. The predicted octanol–water partition coefficient (Wildman–Crippen LogP) is 3.12. The van der Waals surface area contributed by atoms with Crippen LogP contribution in [0, 0.1) is 0 Å². The second kappa shape index (κ2) is 6.04. The molecule has 1 aromatic carbocycles. The zero-order valence-corrected chi connectivity index (χ0v) is 12.5. The third-order valence-electron chi connectivity index (χ3n) is 3.39. The van der Waals surface area contributed by atoms with Gasteiger partial charge in [-0.2, -0.15) is 0 Å². The zero-order valence-electron chi connectivity index (χ0n) is 10.9. The van der Waals surface area contributed by atoms with E-state index in [1.54, 1.807) is 6.92 Å². The summed E-state index contributed by atoms with van der Waals surface area (Å²) in [5, 5.41) is 9.58. The van der Waals surface area contributed by atoms with Crippen LogP contribution in [0.1, 0.15) is 31.9 Å². The maximum atomic E-state index is 9.58. The van der Waals surface area contributed by atoms with Gasteiger partial charge in [0.25, 0.3) is 0 Å². The van der Waals surface area contributed by atoms with Crippen molar-refractivity contribution in [3.63, 3.8) is 0 Å². The molecule has 18 heavy (non-hydrogen) atoms. The van der Waals surface area contributed by atoms with Crippen molar-refractivity contribution in [2.75, 3.05) is 24.6 Å². The molecule has 1 aliphatic heterocycles. The molecule has 1 saturated heterocycles. The van der Waals surface area contributed by atoms with E-state index in [9.17, 15) is 5.11 Å². The highest BCUT2D eigenvalue weighted by Gasteiger charge is 2.20. The van der Waals surface area contributed by atoms with E-state index in [1.165, 1.54) is 5.69 Å². The number of aliphatic hydroxyl groups excluding tert-OH is 1. The van der Waals surface area contributed by atoms with Gasteiger partial charge in [-0.1, -0.05) is 13.0 Å². The van der Waals surface area contributed by atoms with E-state index in [0.717, 1.165) is 36.2 Å². The van der Waals surface area contributed by atoms with Crippen LogP contribution < -0.4 is 4.90 Å². The molecule has 100 valence electrons. The highest BCUT2D eigenvalue weighted by Crippen LogP contribution is 2.30. The van der Waals surface area contributed by atoms with Crippen LogP contribution in [0.25, 0.3) is 0 Å². The molecule has 1 aliphatic rings. The molecule has 0 aromatic heterocycles. The van der Waals surface area contributed by atoms with Crippen LogP contribution in [0.5, 0.6) is 0 Å². The molecule has 0 spiro atoms. The number of hydrogen-bond donors (Lipinski definition) is 1. The number of ether oxygens (including phenoxy) is 1. The van der Waals surface area contributed by atoms with Gasteiger partial charge in [-0.15, -0.1) is 0 Å². The van der Waals surface area contributed by atoms with Gasteiger partial charge < -0.3 is 14.7 Å². The van der Waals surface area contributed by atoms with Crippen LogP contribution >= 0.6 is 15.9 Å². The molecule has 1 heterocycles. The summed E-state index contributed by atoms with van der Waals surface area (Å²) in [6, 6.07) is 6.06. The van der Waals surface area contributed by atoms with Crippen molar-refractivity contribution in [3.05, 3.63) is 28.2 Å². The summed E-state index contributed by atoms with van der Waals surface area (Å²) in [6.45, 7) is 6.57. The largest absolute Gasteiger partial charge is 0.389 e. The smallest absolute Gasteiger partial charge is 0.0762 e. The van der Waals surface area contributed by atoms with E-state index < -0.39 is 6.10 Å². The minimum absolute atomic E-state index is 0.321. The second-order valence-corrected chi connectivity index (χ2v) is 5.59. The Bertz CT molecular complexity index is 409. The van der Waals surface area contributed by atoms with Crippen molar-refractivity contribution in [2.45, 2.75) is 32.5 Å². The van der Waals surface area contributed by atoms with Crippen LogP contribution in [-0.4, -0.2) is 30.9 Å². The van der Waals surface area contributed by atoms with Crippen LogP contribution in [0.2, 0.25) is 0 Å². The molecule has 3 nitrogen and oxygen atoms in total. The van der Waals surface area contributed by atoms with Gasteiger partial charge in [-0.05, 0) is 47.0 Å². The minimum Gasteiger partial charge on any atom is -0.389 e. The number of hydrogen-bond acceptors (Lipinski definition) is 3. The molecular weight excluding hydrogens is 294 g/mol. The Morgan fingerprint density at radius 3 is 2.94 bits per heavy atom. The molecule has 0 bridgehead atoms. The quantitative estimate of drug-likeness (QED) is 0.930. The van der Waals surface area contributed by atoms with E-state index in [1.807, 2.05) is 12.1 Å². The third-order valence-corrected chi connectivity index (χ3v) is 4.02. The lowest BCUT2D eigenvalue weighted by atomic mass is 10.1. The number of benzene rings is 1. The topological polar surface area (TPSA) is 32.7 Å². The molecule has 1 unspecified atom stereocenters. The summed E-state index contributed by atoms with van der Waals surface area (Å²) < 4.78 is 6.72. The van der Waals surface area contributed by atoms with E-state index in [0.29, 0.717) is 6.10 Å². The van der Waals surface area contributed by atoms with Crippen molar-refractivity contribution >= 4 is 21.6 Å². The van der Waals surface area contributed by atoms with Gasteiger partial charge >= 0.3 is 0 Å². The molecule has 0 saturated carbocycles. The maximum Gasteiger partial charge on any atom is 0.0762 e. The van der Waals surface area contributed by atoms with Gasteiger partial charge in [-0.3, -0.25) is 0 Å². The molecule has 0 aliphatic carbocycles. The number of nitrogens with zero attached hydrogens (tertiary/aromatic N) is 1. The molecule has 0 radical (unpaired) electrons. The first-order chi connectivity index (χ1) is 8.61. The Morgan fingerprint density at radius 2 is 2.33 bits per heavy atom. The van der Waals surface area contributed by atoms with Gasteiger partial charge in [0.05, 0.1) is 24.5 Å². The van der Waals surface area contributed by atoms with Gasteiger partial charge in [0.2, 0.25) is 0 Å². The molecule has 2 rings (SSSR count). The van der Waals surface area contributed by atoms with Gasteiger partial charge in [0.1, 0.15) is 0 Å². The predicted molar refractivity (Wildman–Crippen MR) is 77.0 cm³/mol. The number of aliphatic hydroxyl groups is 1. The number of halogens is 1. The lowest BCUT2D eigenvalue weighted by Crippen LogP contribution is -2.42. The fourth-order valence-corrected chi connectivity index (χ4v) is 2.87. The van der Waals surface area contributed by atoms with E-state index >= 15 is 0 Å². The number of morpholine rings is 1. The standard InChI is InChI=1S/C14H20BrNO2/c1-3-12-9-16(6-7-18-12)14-5-4-11(10(2)17)8-13(14)15/h4-5,8,10,12,17H,3,6-7,9H2,1-2H3/t10-,12?/m1/s1. The van der Waals surface area contributed by atoms with Crippen LogP contribution in [-0.2, 0) is 4.74 Å². The first kappa shape index (κ1) is 13.8. The Labute approximate surface area is 117 Å². The van der Waals surface area contributed by atoms with E-state index in [2.05, 4.69) is 33.8 Å². The highest BCUT2D eigenvalue weighted by molar-refractivity contribution is 9.10. The van der Waals surface area contributed by atoms with Crippen LogP contribution in [0.15, 0.2) is 22.7 Å². The fraction of sp³-hybridized carbons (Fsp3) is 0.571. The van der Waals surface area contributed by atoms with Crippen molar-refractivity contribution < 1.29 is 9.84 Å². The molecule has 4 heteroatoms. The van der Waals surface area contributed by atoms with Crippen LogP contribution in [0.4, 0.5) is 5.69 Å². The Balaban J connectivity index is 2.17. The van der Waals surface area contributed by atoms with Crippen molar-refractivity contribution in [1.29, 1.82) is 0 Å². The highest BCUT2D eigenvalue weighted by atomic mass is 79.9. The average Bonchev–Trinajstić information content (AvgIpc) is 2.38. The van der Waals surface area contributed by atoms with E-state index in [-0.39, 0.29) is 0 Å². The normalized spacial score (nSPS) is 22.0. The third kappa shape index (κ3) is 3.05. The van der Waals surface area contributed by atoms with Crippen molar-refractivity contribution in [3.8, 4) is 0 Å². The van der Waals surface area contributed by atoms with Crippen molar-refractivity contribution in [1.82, 2.24) is 0 Å². The summed E-state index contributed by atoms with van der Waals surface area (Å²) >= 11 is 3.60. The van der Waals surface area contributed by atoms with Gasteiger partial charge in [-0.25, -0.2) is 0 Å². The lowest BCUT2D eigenvalue weighted by Gasteiger charge is -2.34. The summed E-state index contributed by atoms with van der Waals surface area (Å²) in [7, 11) is 0. The summed E-state index contributed by atoms with van der Waals surface area (Å²) in [5.41, 5.74) is 2.12. The summed E-state index contributed by atoms with van der Waals surface area (Å²) in [6.07, 6.45) is 0.936. The fourth-order valence-electron chi connectivity index (χ4n) is 2.22. The van der Waals surface area contributed by atoms with Crippen molar-refractivity contribution in [2.24, 2.45) is 0 Å². The van der Waals surface area contributed by atoms with Gasteiger partial charge in [0.15, 0.2) is 0 Å². The second-order valence-electron chi connectivity index (χ2n) is 4.73. The Morgan fingerprint density at radius 1 is 1.56 bits per heavy atom. The lowest BCUT2D eigenvalue weighted by molar-refractivity contribution is 0.0384. The molecular formula is C14H20BrNO2. The molecule has 2 atom stereocenters. The summed E-state index contributed by atoms with van der Waals surface area (Å²) in [5.74, 6) is 0. The van der Waals surface area contributed by atoms with Crippen LogP contribution in [0.3, 0.4) is 0 Å². The maximum absolute atomic E-state index is 9.58. The minimum atomic E-state index is -0.427. The molecule has 1 N–H and O–H groups in total. The van der Waals surface area contributed by atoms with Gasteiger partial charge in [0, 0.05) is 17.6 Å². The number of anilines is 1. The zero-order chi connectivity index (χ0) is 13.1. The Kier molecular flexibility index (Phi) is 4.65. The Hall–Kier alpha value is -0.580. The van der Waals surface area contributed by atoms with E-state index in [4.69, 9.17) is 4.74 Å². The first-order valence-electron chi connectivity index (χ1n) is 6.46. The monoisotopic (exact) mass is 313 g/mol. The first-order valence-corrected chi connectivity index (χ1v) is 7.25. The number of rotatable bonds is 3. The molecule has 0 amide bonds. The molecule has 1 aromatic rings.